The molecule has 0 saturated carbocycles. The van der Waals surface area contributed by atoms with Crippen LogP contribution in [-0.4, -0.2) is 16.2 Å². The first-order chi connectivity index (χ1) is 9.45. The molecule has 0 aliphatic heterocycles. The van der Waals surface area contributed by atoms with Gasteiger partial charge in [0.15, 0.2) is 0 Å². The van der Waals surface area contributed by atoms with E-state index >= 15 is 0 Å². The highest BCUT2D eigenvalue weighted by molar-refractivity contribution is 5.60. The van der Waals surface area contributed by atoms with Crippen molar-refractivity contribution in [3.05, 3.63) is 41.3 Å². The largest absolute Gasteiger partial charge is 0.441 e. The van der Waals surface area contributed by atoms with Gasteiger partial charge in [-0.05, 0) is 18.6 Å². The van der Waals surface area contributed by atoms with Crippen molar-refractivity contribution in [2.45, 2.75) is 31.5 Å². The Bertz CT molecular complexity index is 634. The van der Waals surface area contributed by atoms with Crippen molar-refractivity contribution in [1.29, 1.82) is 0 Å². The first-order valence-corrected chi connectivity index (χ1v) is 6.28. The smallest absolute Gasteiger partial charge is 0.417 e. The van der Waals surface area contributed by atoms with Crippen LogP contribution in [0.5, 0.6) is 0 Å². The minimum absolute atomic E-state index is 0.0305. The van der Waals surface area contributed by atoms with Gasteiger partial charge in [-0.2, -0.15) is 13.2 Å². The van der Waals surface area contributed by atoms with E-state index in [0.717, 1.165) is 6.07 Å². The van der Waals surface area contributed by atoms with Crippen molar-refractivity contribution in [2.75, 3.05) is 0 Å². The van der Waals surface area contributed by atoms with E-state index in [9.17, 15) is 18.3 Å². The van der Waals surface area contributed by atoms with Crippen LogP contribution in [-0.2, 0) is 19.0 Å². The molecule has 1 unspecified atom stereocenters. The number of aryl methyl sites for hydroxylation is 1. The first kappa shape index (κ1) is 13.2. The van der Waals surface area contributed by atoms with E-state index in [1.807, 2.05) is 0 Å². The van der Waals surface area contributed by atoms with Gasteiger partial charge in [-0.1, -0.05) is 12.1 Å². The summed E-state index contributed by atoms with van der Waals surface area (Å²) in [5.41, 5.74) is -0.279. The van der Waals surface area contributed by atoms with E-state index < -0.39 is 17.8 Å². The molecule has 0 spiro atoms. The summed E-state index contributed by atoms with van der Waals surface area (Å²) >= 11 is 0. The monoisotopic (exact) mass is 283 g/mol. The van der Waals surface area contributed by atoms with Gasteiger partial charge >= 0.3 is 6.18 Å². The van der Waals surface area contributed by atoms with Crippen LogP contribution >= 0.6 is 0 Å². The molecule has 6 heteroatoms. The zero-order valence-electron chi connectivity index (χ0n) is 10.4. The number of oxazole rings is 1. The summed E-state index contributed by atoms with van der Waals surface area (Å²) in [6.45, 7) is 0. The average Bonchev–Trinajstić information content (AvgIpc) is 2.80. The summed E-state index contributed by atoms with van der Waals surface area (Å²) in [5.74, 6) is 0.541. The molecule has 0 radical (unpaired) electrons. The SMILES string of the molecule is OC1CCc2oc(-c3ccccc3C(F)(F)F)nc2C1. The molecule has 2 aromatic rings. The number of alkyl halides is 3. The molecule has 0 amide bonds. The van der Waals surface area contributed by atoms with Crippen molar-refractivity contribution in [2.24, 2.45) is 0 Å². The van der Waals surface area contributed by atoms with Crippen molar-refractivity contribution >= 4 is 0 Å². The molecule has 1 heterocycles. The zero-order chi connectivity index (χ0) is 14.3. The number of benzene rings is 1. The van der Waals surface area contributed by atoms with Crippen molar-refractivity contribution in [3.8, 4) is 11.5 Å². The van der Waals surface area contributed by atoms with Crippen molar-refractivity contribution < 1.29 is 22.7 Å². The molecule has 1 aromatic heterocycles. The van der Waals surface area contributed by atoms with E-state index in [1.54, 1.807) is 0 Å². The zero-order valence-corrected chi connectivity index (χ0v) is 10.4. The van der Waals surface area contributed by atoms with Gasteiger partial charge in [0.2, 0.25) is 5.89 Å². The Morgan fingerprint density at radius 3 is 2.75 bits per heavy atom. The molecule has 1 aliphatic carbocycles. The van der Waals surface area contributed by atoms with Gasteiger partial charge in [0.1, 0.15) is 5.76 Å². The molecule has 3 rings (SSSR count). The lowest BCUT2D eigenvalue weighted by Crippen LogP contribution is -2.17. The summed E-state index contributed by atoms with van der Waals surface area (Å²) in [7, 11) is 0. The topological polar surface area (TPSA) is 46.3 Å². The Hall–Kier alpha value is -1.82. The summed E-state index contributed by atoms with van der Waals surface area (Å²) in [6, 6.07) is 5.20. The van der Waals surface area contributed by atoms with Crippen LogP contribution in [0.4, 0.5) is 13.2 Å². The fraction of sp³-hybridized carbons (Fsp3) is 0.357. The molecule has 0 bridgehead atoms. The average molecular weight is 283 g/mol. The van der Waals surface area contributed by atoms with Crippen LogP contribution in [0.2, 0.25) is 0 Å². The van der Waals surface area contributed by atoms with E-state index in [4.69, 9.17) is 4.42 Å². The molecular weight excluding hydrogens is 271 g/mol. The molecule has 1 atom stereocenters. The Morgan fingerprint density at radius 2 is 2.00 bits per heavy atom. The van der Waals surface area contributed by atoms with Crippen LogP contribution in [0, 0.1) is 0 Å². The second-order valence-corrected chi connectivity index (χ2v) is 4.83. The van der Waals surface area contributed by atoms with Gasteiger partial charge in [-0.25, -0.2) is 4.98 Å². The van der Waals surface area contributed by atoms with Crippen LogP contribution in [0.15, 0.2) is 28.7 Å². The fourth-order valence-electron chi connectivity index (χ4n) is 2.39. The predicted molar refractivity (Wildman–Crippen MR) is 65.0 cm³/mol. The lowest BCUT2D eigenvalue weighted by Gasteiger charge is -2.13. The number of aliphatic hydroxyl groups excluding tert-OH is 1. The highest BCUT2D eigenvalue weighted by Crippen LogP contribution is 2.37. The Labute approximate surface area is 113 Å². The number of rotatable bonds is 1. The third kappa shape index (κ3) is 2.31. The maximum Gasteiger partial charge on any atom is 0.417 e. The quantitative estimate of drug-likeness (QED) is 0.874. The van der Waals surface area contributed by atoms with Crippen LogP contribution < -0.4 is 0 Å². The highest BCUT2D eigenvalue weighted by atomic mass is 19.4. The molecular formula is C14H12F3NO2. The van der Waals surface area contributed by atoms with Crippen LogP contribution in [0.1, 0.15) is 23.4 Å². The number of aromatic nitrogens is 1. The van der Waals surface area contributed by atoms with Gasteiger partial charge in [-0.3, -0.25) is 0 Å². The van der Waals surface area contributed by atoms with Crippen molar-refractivity contribution in [3.63, 3.8) is 0 Å². The number of hydrogen-bond donors (Lipinski definition) is 1. The molecule has 106 valence electrons. The number of fused-ring (bicyclic) bond motifs is 1. The van der Waals surface area contributed by atoms with E-state index in [-0.39, 0.29) is 11.5 Å². The number of aliphatic hydroxyl groups is 1. The third-order valence-corrected chi connectivity index (χ3v) is 3.37. The molecule has 0 saturated heterocycles. The Balaban J connectivity index is 2.07. The molecule has 3 nitrogen and oxygen atoms in total. The van der Waals surface area contributed by atoms with Crippen molar-refractivity contribution in [1.82, 2.24) is 4.98 Å². The first-order valence-electron chi connectivity index (χ1n) is 6.28. The minimum atomic E-state index is -4.45. The Morgan fingerprint density at radius 1 is 1.25 bits per heavy atom. The second kappa shape index (κ2) is 4.63. The number of hydrogen-bond acceptors (Lipinski definition) is 3. The normalized spacial score (nSPS) is 18.9. The predicted octanol–water partition coefficient (Wildman–Crippen LogP) is 3.21. The maximum atomic E-state index is 13.0. The lowest BCUT2D eigenvalue weighted by atomic mass is 9.99. The van der Waals surface area contributed by atoms with Gasteiger partial charge in [0, 0.05) is 18.4 Å². The van der Waals surface area contributed by atoms with Gasteiger partial charge in [0.25, 0.3) is 0 Å². The summed E-state index contributed by atoms with van der Waals surface area (Å²) in [5, 5.41) is 9.56. The van der Waals surface area contributed by atoms with E-state index in [0.29, 0.717) is 30.7 Å². The highest BCUT2D eigenvalue weighted by Gasteiger charge is 2.35. The third-order valence-electron chi connectivity index (χ3n) is 3.37. The molecule has 1 aliphatic rings. The molecule has 1 N–H and O–H groups in total. The van der Waals surface area contributed by atoms with Crippen LogP contribution in [0.3, 0.4) is 0 Å². The van der Waals surface area contributed by atoms with E-state index in [1.165, 1.54) is 18.2 Å². The Kier molecular flexibility index (Phi) is 3.05. The van der Waals surface area contributed by atoms with Gasteiger partial charge < -0.3 is 9.52 Å². The standard InChI is InChI=1S/C14H12F3NO2/c15-14(16,17)10-4-2-1-3-9(10)13-18-11-7-8(19)5-6-12(11)20-13/h1-4,8,19H,5-7H2. The summed E-state index contributed by atoms with van der Waals surface area (Å²) in [6.07, 6.45) is -3.59. The molecule has 1 aromatic carbocycles. The van der Waals surface area contributed by atoms with Crippen LogP contribution in [0.25, 0.3) is 11.5 Å². The maximum absolute atomic E-state index is 13.0. The molecule has 20 heavy (non-hydrogen) atoms. The number of nitrogens with zero attached hydrogens (tertiary/aromatic N) is 1. The lowest BCUT2D eigenvalue weighted by molar-refractivity contribution is -0.137. The van der Waals surface area contributed by atoms with E-state index in [2.05, 4.69) is 4.98 Å². The van der Waals surface area contributed by atoms with Gasteiger partial charge in [-0.15, -0.1) is 0 Å². The molecule has 0 fully saturated rings. The number of halogens is 3. The fourth-order valence-corrected chi connectivity index (χ4v) is 2.39. The summed E-state index contributed by atoms with van der Waals surface area (Å²) < 4.78 is 44.4. The summed E-state index contributed by atoms with van der Waals surface area (Å²) in [4.78, 5) is 4.12. The minimum Gasteiger partial charge on any atom is -0.441 e. The second-order valence-electron chi connectivity index (χ2n) is 4.83. The van der Waals surface area contributed by atoms with Gasteiger partial charge in [0.05, 0.1) is 17.4 Å².